The van der Waals surface area contributed by atoms with Gasteiger partial charge in [-0.3, -0.25) is 9.36 Å². The highest BCUT2D eigenvalue weighted by atomic mass is 31.2. The molecule has 1 rings (SSSR count). The van der Waals surface area contributed by atoms with E-state index in [0.717, 1.165) is 0 Å². The van der Waals surface area contributed by atoms with Crippen LogP contribution in [0.1, 0.15) is 12.8 Å². The van der Waals surface area contributed by atoms with Gasteiger partial charge in [0.05, 0.1) is 6.16 Å². The fraction of sp³-hybridized carbons (Fsp3) is 0.833. The summed E-state index contributed by atoms with van der Waals surface area (Å²) >= 11 is 0. The Labute approximate surface area is 79.1 Å². The Morgan fingerprint density at radius 2 is 2.07 bits per heavy atom. The molecule has 2 atom stereocenters. The summed E-state index contributed by atoms with van der Waals surface area (Å²) in [4.78, 5) is 27.4. The molecule has 0 unspecified atom stereocenters. The number of hydrogen-bond acceptors (Lipinski definition) is 3. The van der Waals surface area contributed by atoms with Crippen LogP contribution in [0.5, 0.6) is 0 Å². The van der Waals surface area contributed by atoms with Gasteiger partial charge in [0.25, 0.3) is 0 Å². The lowest BCUT2D eigenvalue weighted by molar-refractivity contribution is -0.140. The van der Waals surface area contributed by atoms with Crippen LogP contribution < -0.4 is 5.73 Å². The van der Waals surface area contributed by atoms with Crippen molar-refractivity contribution in [1.29, 1.82) is 0 Å². The van der Waals surface area contributed by atoms with Crippen LogP contribution >= 0.6 is 7.60 Å². The molecule has 0 aliphatic heterocycles. The molecule has 0 amide bonds. The first-order valence-corrected chi connectivity index (χ1v) is 5.66. The Bertz CT molecular complexity index is 317. The van der Waals surface area contributed by atoms with E-state index in [9.17, 15) is 13.8 Å². The minimum atomic E-state index is -4.30. The number of aliphatic carboxylic acids is 1. The largest absolute Gasteiger partial charge is 0.480 e. The summed E-state index contributed by atoms with van der Waals surface area (Å²) in [6.45, 7) is 0. The number of nitrogens with two attached hydrogens (primary N) is 1. The van der Waals surface area contributed by atoms with Gasteiger partial charge in [-0.05, 0) is 6.42 Å². The molecule has 0 heterocycles. The van der Waals surface area contributed by atoms with Crippen molar-refractivity contribution in [2.24, 2.45) is 5.73 Å². The van der Waals surface area contributed by atoms with Crippen LogP contribution in [0.3, 0.4) is 0 Å². The zero-order valence-corrected chi connectivity index (χ0v) is 8.08. The average molecular weight is 227 g/mol. The van der Waals surface area contributed by atoms with Gasteiger partial charge in [0, 0.05) is 6.42 Å². The molecule has 0 aromatic rings. The monoisotopic (exact) mass is 227 g/mol. The third-order valence-electron chi connectivity index (χ3n) is 2.41. The van der Waals surface area contributed by atoms with E-state index in [-0.39, 0.29) is 0 Å². The quantitative estimate of drug-likeness (QED) is 0.478. The summed E-state index contributed by atoms with van der Waals surface area (Å²) < 4.78 is 23.9. The zero-order valence-electron chi connectivity index (χ0n) is 7.18. The molecule has 82 valence electrons. The Hall–Kier alpha value is -0.490. The second kappa shape index (κ2) is 3.00. The molecule has 14 heavy (non-hydrogen) atoms. The number of carboxylic acid groups (broad SMARTS) is 1. The van der Waals surface area contributed by atoms with E-state index >= 15 is 0 Å². The molecule has 6 nitrogen and oxygen atoms in total. The SMILES string of the molecule is N[C@]1(C(=O)O)C[C@@]1(F)CCP(=O)(O)O. The molecule has 0 spiro atoms. The van der Waals surface area contributed by atoms with Gasteiger partial charge >= 0.3 is 13.6 Å². The Morgan fingerprint density at radius 1 is 1.57 bits per heavy atom. The third-order valence-corrected chi connectivity index (χ3v) is 3.22. The smallest absolute Gasteiger partial charge is 0.327 e. The first-order valence-electron chi connectivity index (χ1n) is 3.86. The second-order valence-corrected chi connectivity index (χ2v) is 5.33. The van der Waals surface area contributed by atoms with Gasteiger partial charge in [0.15, 0.2) is 5.54 Å². The van der Waals surface area contributed by atoms with Crippen molar-refractivity contribution >= 4 is 13.6 Å². The predicted octanol–water partition coefficient (Wildman–Crippen LogP) is -0.552. The molecule has 0 aromatic heterocycles. The van der Waals surface area contributed by atoms with Crippen molar-refractivity contribution in [3.63, 3.8) is 0 Å². The Kier molecular flexibility index (Phi) is 2.48. The summed E-state index contributed by atoms with van der Waals surface area (Å²) in [6, 6.07) is 0. The van der Waals surface area contributed by atoms with Gasteiger partial charge in [-0.25, -0.2) is 4.39 Å². The van der Waals surface area contributed by atoms with E-state index < -0.39 is 43.8 Å². The fourth-order valence-electron chi connectivity index (χ4n) is 1.30. The topological polar surface area (TPSA) is 121 Å². The molecule has 1 aliphatic rings. The molecule has 0 saturated heterocycles. The molecule has 0 radical (unpaired) electrons. The molecular weight excluding hydrogens is 216 g/mol. The summed E-state index contributed by atoms with van der Waals surface area (Å²) in [6.07, 6.45) is -1.61. The lowest BCUT2D eigenvalue weighted by Gasteiger charge is -2.11. The van der Waals surface area contributed by atoms with Crippen LogP contribution in [0.15, 0.2) is 0 Å². The van der Waals surface area contributed by atoms with Crippen LogP contribution in [0.4, 0.5) is 4.39 Å². The van der Waals surface area contributed by atoms with Gasteiger partial charge in [-0.2, -0.15) is 0 Å². The number of halogens is 1. The van der Waals surface area contributed by atoms with E-state index in [0.29, 0.717) is 0 Å². The Balaban J connectivity index is 2.57. The Morgan fingerprint density at radius 3 is 2.36 bits per heavy atom. The molecule has 1 saturated carbocycles. The number of rotatable bonds is 4. The fourth-order valence-corrected chi connectivity index (χ4v) is 1.95. The van der Waals surface area contributed by atoms with Crippen molar-refractivity contribution in [1.82, 2.24) is 0 Å². The lowest BCUT2D eigenvalue weighted by atomic mass is 10.1. The predicted molar refractivity (Wildman–Crippen MR) is 44.5 cm³/mol. The van der Waals surface area contributed by atoms with Gasteiger partial charge in [-0.15, -0.1) is 0 Å². The van der Waals surface area contributed by atoms with E-state index in [2.05, 4.69) is 0 Å². The standard InChI is InChI=1S/C6H11FNO5P/c7-5(1-2-14(11,12)13)3-6(5,8)4(9)10/h1-3,8H2,(H,9,10)(H2,11,12,13)/t5-,6-/m0/s1. The van der Waals surface area contributed by atoms with Crippen molar-refractivity contribution < 1.29 is 28.6 Å². The molecule has 0 aromatic carbocycles. The highest BCUT2D eigenvalue weighted by molar-refractivity contribution is 7.51. The number of carboxylic acids is 1. The van der Waals surface area contributed by atoms with E-state index in [1.54, 1.807) is 0 Å². The van der Waals surface area contributed by atoms with Gasteiger partial charge in [0.2, 0.25) is 0 Å². The minimum absolute atomic E-state index is 0.394. The average Bonchev–Trinajstić information content (AvgIpc) is 2.53. The maximum absolute atomic E-state index is 13.5. The van der Waals surface area contributed by atoms with Crippen LogP contribution in [-0.4, -0.2) is 38.2 Å². The molecule has 1 fully saturated rings. The van der Waals surface area contributed by atoms with Gasteiger partial charge < -0.3 is 20.6 Å². The number of carbonyl (C=O) groups is 1. The van der Waals surface area contributed by atoms with Crippen LogP contribution in [-0.2, 0) is 9.36 Å². The maximum Gasteiger partial charge on any atom is 0.327 e. The van der Waals surface area contributed by atoms with Gasteiger partial charge in [0.1, 0.15) is 5.67 Å². The summed E-state index contributed by atoms with van der Waals surface area (Å²) in [5.41, 5.74) is 1.02. The molecule has 0 bridgehead atoms. The summed E-state index contributed by atoms with van der Waals surface area (Å²) in [5.74, 6) is -1.48. The van der Waals surface area contributed by atoms with Crippen molar-refractivity contribution in [2.75, 3.05) is 6.16 Å². The first kappa shape index (κ1) is 11.6. The molecule has 5 N–H and O–H groups in total. The normalized spacial score (nSPS) is 36.9. The molecule has 8 heteroatoms. The number of alkyl halides is 1. The van der Waals surface area contributed by atoms with Crippen molar-refractivity contribution in [2.45, 2.75) is 24.0 Å². The van der Waals surface area contributed by atoms with E-state index in [1.165, 1.54) is 0 Å². The van der Waals surface area contributed by atoms with Gasteiger partial charge in [-0.1, -0.05) is 0 Å². The highest BCUT2D eigenvalue weighted by Gasteiger charge is 2.72. The second-order valence-electron chi connectivity index (χ2n) is 3.56. The first-order chi connectivity index (χ1) is 6.11. The highest BCUT2D eigenvalue weighted by Crippen LogP contribution is 2.54. The number of hydrogen-bond donors (Lipinski definition) is 4. The van der Waals surface area contributed by atoms with Crippen LogP contribution in [0, 0.1) is 0 Å². The van der Waals surface area contributed by atoms with Crippen LogP contribution in [0.25, 0.3) is 0 Å². The van der Waals surface area contributed by atoms with E-state index in [1.807, 2.05) is 0 Å². The zero-order chi connectivity index (χ0) is 11.2. The lowest BCUT2D eigenvalue weighted by Crippen LogP contribution is -2.40. The summed E-state index contributed by atoms with van der Waals surface area (Å²) in [7, 11) is -4.30. The molecule has 1 aliphatic carbocycles. The van der Waals surface area contributed by atoms with E-state index in [4.69, 9.17) is 20.6 Å². The minimum Gasteiger partial charge on any atom is -0.480 e. The van der Waals surface area contributed by atoms with Crippen molar-refractivity contribution in [3.05, 3.63) is 0 Å². The van der Waals surface area contributed by atoms with Crippen LogP contribution in [0.2, 0.25) is 0 Å². The molecular formula is C6H11FNO5P. The van der Waals surface area contributed by atoms with Crippen molar-refractivity contribution in [3.8, 4) is 0 Å². The summed E-state index contributed by atoms with van der Waals surface area (Å²) in [5, 5.41) is 8.52. The third kappa shape index (κ3) is 1.95. The maximum atomic E-state index is 13.5.